The number of carbonyl (C=O) groups is 3. The highest BCUT2D eigenvalue weighted by atomic mass is 19.4. The molecule has 0 aliphatic heterocycles. The standard InChI is InChI=1S/C30H29F5N4O6.C24H19F5N4O4/c1-29(2,3)44-14-20(37-28(41)43-5)25-24(26(40)36-13-15-6-7-16(31)12-19(15)32)39-27(45-25)18-8-10-21(42-4)23-17(18)9-11-22(38-23)30(33,34)35;1-36-17-6-4-14(13-5-7-18(24(27,28)29)32-19(13)17)23-33-20(21(37-23)16(30)10-34)22(35)31-9-11-2-3-12(25)8-15(11)26/h6-12,20H,13-14H2,1-5H3,(H,36,40)(H,37,41);2-8,16,34H,9-10,30H2,1H3,(H,31,35)/t20-;16-/m00/s1. The zero-order valence-corrected chi connectivity index (χ0v) is 43.8. The summed E-state index contributed by atoms with van der Waals surface area (Å²) in [6.07, 6.45) is -10.3. The lowest BCUT2D eigenvalue weighted by molar-refractivity contribution is -0.141. The van der Waals surface area contributed by atoms with Crippen LogP contribution in [-0.2, 0) is 34.9 Å². The highest BCUT2D eigenvalue weighted by Crippen LogP contribution is 2.40. The van der Waals surface area contributed by atoms with Crippen molar-refractivity contribution in [2.75, 3.05) is 34.5 Å². The number of nitrogens with one attached hydrogen (secondary N) is 3. The topological polar surface area (TPSA) is 248 Å². The fraction of sp³-hybridized carbons (Fsp3) is 0.278. The molecule has 4 heterocycles. The number of alkyl halides is 6. The van der Waals surface area contributed by atoms with Gasteiger partial charge in [0.25, 0.3) is 11.8 Å². The van der Waals surface area contributed by atoms with Gasteiger partial charge in [0.2, 0.25) is 11.8 Å². The maximum atomic E-state index is 14.3. The van der Waals surface area contributed by atoms with Crippen molar-refractivity contribution in [3.05, 3.63) is 154 Å². The summed E-state index contributed by atoms with van der Waals surface area (Å²) in [5, 5.41) is 17.3. The van der Waals surface area contributed by atoms with Gasteiger partial charge >= 0.3 is 18.4 Å². The van der Waals surface area contributed by atoms with E-state index in [1.54, 1.807) is 20.8 Å². The normalized spacial score (nSPS) is 12.6. The number of aliphatic hydroxyl groups is 1. The molecule has 2 atom stereocenters. The van der Waals surface area contributed by atoms with Crippen LogP contribution >= 0.6 is 0 Å². The van der Waals surface area contributed by atoms with Crippen LogP contribution in [0.1, 0.15) is 87.9 Å². The van der Waals surface area contributed by atoms with Gasteiger partial charge < -0.3 is 54.6 Å². The second-order valence-electron chi connectivity index (χ2n) is 18.5. The SMILES string of the molecule is COC(=O)N[C@@H](COC(C)(C)C)c1oc(-c2ccc(OC)c3nc(C(F)(F)F)ccc23)nc1C(=O)NCc1ccc(F)cc1F.COc1ccc(-c2nc(C(=O)NCc3ccc(F)cc3F)c([C@@H](N)CO)o2)c2ccc(C(F)(F)F)nc12. The Bertz CT molecular complexity index is 3660. The molecular weight excluding hydrogens is 1110 g/mol. The predicted molar refractivity (Wildman–Crippen MR) is 271 cm³/mol. The Morgan fingerprint density at radius 2 is 1.06 bits per heavy atom. The number of fused-ring (bicyclic) bond motifs is 2. The van der Waals surface area contributed by atoms with Gasteiger partial charge in [-0.1, -0.05) is 12.1 Å². The lowest BCUT2D eigenvalue weighted by Gasteiger charge is -2.24. The first-order chi connectivity index (χ1) is 38.6. The van der Waals surface area contributed by atoms with Gasteiger partial charge in [-0.3, -0.25) is 9.59 Å². The maximum Gasteiger partial charge on any atom is 0.433 e. The average Bonchev–Trinajstić information content (AvgIpc) is 4.25. The van der Waals surface area contributed by atoms with Gasteiger partial charge in [-0.05, 0) is 81.4 Å². The number of nitrogens with zero attached hydrogens (tertiary/aromatic N) is 4. The van der Waals surface area contributed by atoms with Crippen LogP contribution in [0.15, 0.2) is 93.8 Å². The number of halogens is 10. The number of benzene rings is 4. The van der Waals surface area contributed by atoms with E-state index < -0.39 is 89.2 Å². The largest absolute Gasteiger partial charge is 0.494 e. The van der Waals surface area contributed by atoms with Crippen molar-refractivity contribution in [3.63, 3.8) is 0 Å². The quantitative estimate of drug-likeness (QED) is 0.0565. The lowest BCUT2D eigenvalue weighted by Crippen LogP contribution is -2.35. The van der Waals surface area contributed by atoms with Crippen LogP contribution in [0.3, 0.4) is 0 Å². The van der Waals surface area contributed by atoms with Gasteiger partial charge in [0.05, 0.1) is 46.2 Å². The Labute approximate surface area is 458 Å². The molecule has 0 radical (unpaired) electrons. The molecule has 434 valence electrons. The molecule has 0 fully saturated rings. The number of aromatic nitrogens is 4. The molecule has 4 aromatic heterocycles. The number of carbonyl (C=O) groups excluding carboxylic acids is 3. The van der Waals surface area contributed by atoms with Gasteiger partial charge in [-0.2, -0.15) is 26.3 Å². The summed E-state index contributed by atoms with van der Waals surface area (Å²) in [7, 11) is 3.66. The fourth-order valence-electron chi connectivity index (χ4n) is 7.76. The number of methoxy groups -OCH3 is 3. The molecule has 0 bridgehead atoms. The molecule has 0 unspecified atom stereocenters. The number of hydrogen-bond acceptors (Lipinski definition) is 15. The third kappa shape index (κ3) is 14.2. The van der Waals surface area contributed by atoms with E-state index in [0.717, 1.165) is 55.6 Å². The van der Waals surface area contributed by atoms with Crippen LogP contribution in [0.4, 0.5) is 48.7 Å². The molecule has 0 aliphatic carbocycles. The Morgan fingerprint density at radius 3 is 1.45 bits per heavy atom. The number of rotatable bonds is 16. The number of aliphatic hydroxyl groups excluding tert-OH is 1. The molecule has 0 saturated heterocycles. The summed E-state index contributed by atoms with van der Waals surface area (Å²) in [6.45, 7) is 3.73. The van der Waals surface area contributed by atoms with Gasteiger partial charge in [-0.15, -0.1) is 0 Å². The van der Waals surface area contributed by atoms with Crippen molar-refractivity contribution >= 4 is 39.7 Å². The summed E-state index contributed by atoms with van der Waals surface area (Å²) < 4.78 is 167. The highest BCUT2D eigenvalue weighted by molar-refractivity contribution is 5.99. The summed E-state index contributed by atoms with van der Waals surface area (Å²) in [5.74, 6) is -5.77. The number of hydrogen-bond donors (Lipinski definition) is 5. The zero-order chi connectivity index (χ0) is 60.0. The average molecular weight is 1160 g/mol. The molecule has 8 aromatic rings. The Kier molecular flexibility index (Phi) is 18.4. The molecule has 3 amide bonds. The number of amides is 3. The number of pyridine rings is 2. The van der Waals surface area contributed by atoms with Crippen molar-refractivity contribution < 1.29 is 91.2 Å². The van der Waals surface area contributed by atoms with E-state index in [1.807, 2.05) is 0 Å². The maximum absolute atomic E-state index is 14.3. The molecular formula is C54H48F10N8O10. The Balaban J connectivity index is 0.000000240. The van der Waals surface area contributed by atoms with Crippen LogP contribution < -0.4 is 31.2 Å². The number of nitrogens with two attached hydrogens (primary N) is 1. The smallest absolute Gasteiger partial charge is 0.433 e. The summed E-state index contributed by atoms with van der Waals surface area (Å²) in [5.41, 5.74) is 2.21. The van der Waals surface area contributed by atoms with Crippen molar-refractivity contribution in [3.8, 4) is 34.4 Å². The first-order valence-electron chi connectivity index (χ1n) is 24.1. The van der Waals surface area contributed by atoms with Crippen LogP contribution in [0, 0.1) is 23.3 Å². The summed E-state index contributed by atoms with van der Waals surface area (Å²) in [6, 6.07) is 12.9. The highest BCUT2D eigenvalue weighted by Gasteiger charge is 2.36. The molecule has 4 aromatic carbocycles. The van der Waals surface area contributed by atoms with Crippen molar-refractivity contribution in [2.45, 2.75) is 63.9 Å². The van der Waals surface area contributed by atoms with E-state index in [9.17, 15) is 63.4 Å². The molecule has 8 rings (SSSR count). The summed E-state index contributed by atoms with van der Waals surface area (Å²) in [4.78, 5) is 54.5. The van der Waals surface area contributed by atoms with Crippen LogP contribution in [0.25, 0.3) is 44.7 Å². The minimum absolute atomic E-state index is 0.000772. The number of oxazole rings is 2. The van der Waals surface area contributed by atoms with E-state index >= 15 is 0 Å². The van der Waals surface area contributed by atoms with Crippen LogP contribution in [-0.4, -0.2) is 83.1 Å². The number of alkyl carbamates (subject to hydrolysis) is 1. The minimum Gasteiger partial charge on any atom is -0.494 e. The first kappa shape index (κ1) is 60.7. The molecule has 28 heteroatoms. The zero-order valence-electron chi connectivity index (χ0n) is 43.8. The molecule has 6 N–H and O–H groups in total. The first-order valence-corrected chi connectivity index (χ1v) is 24.1. The monoisotopic (exact) mass is 1160 g/mol. The lowest BCUT2D eigenvalue weighted by atomic mass is 10.1. The second kappa shape index (κ2) is 24.9. The van der Waals surface area contributed by atoms with Gasteiger partial charge in [0.1, 0.15) is 63.2 Å². The third-order valence-corrected chi connectivity index (χ3v) is 11.8. The van der Waals surface area contributed by atoms with Crippen LogP contribution in [0.2, 0.25) is 0 Å². The molecule has 0 saturated carbocycles. The third-order valence-electron chi connectivity index (χ3n) is 11.8. The van der Waals surface area contributed by atoms with E-state index in [-0.39, 0.29) is 110 Å². The number of ether oxygens (including phenoxy) is 4. The second-order valence-corrected chi connectivity index (χ2v) is 18.5. The molecule has 0 aliphatic rings. The van der Waals surface area contributed by atoms with Crippen molar-refractivity contribution in [2.24, 2.45) is 5.73 Å². The fourth-order valence-corrected chi connectivity index (χ4v) is 7.76. The van der Waals surface area contributed by atoms with Gasteiger partial charge in [0, 0.05) is 58.2 Å². The van der Waals surface area contributed by atoms with E-state index in [4.69, 9.17) is 33.5 Å². The Morgan fingerprint density at radius 1 is 0.622 bits per heavy atom. The predicted octanol–water partition coefficient (Wildman–Crippen LogP) is 10.5. The van der Waals surface area contributed by atoms with E-state index in [2.05, 4.69) is 35.9 Å². The van der Waals surface area contributed by atoms with Crippen molar-refractivity contribution in [1.29, 1.82) is 0 Å². The van der Waals surface area contributed by atoms with E-state index in [1.165, 1.54) is 38.5 Å². The molecule has 82 heavy (non-hydrogen) atoms. The van der Waals surface area contributed by atoms with Crippen LogP contribution in [0.5, 0.6) is 11.5 Å². The van der Waals surface area contributed by atoms with Gasteiger partial charge in [0.15, 0.2) is 22.9 Å². The van der Waals surface area contributed by atoms with E-state index in [0.29, 0.717) is 12.1 Å². The molecule has 0 spiro atoms. The minimum atomic E-state index is -4.74. The van der Waals surface area contributed by atoms with Gasteiger partial charge in [-0.25, -0.2) is 42.3 Å². The Hall–Kier alpha value is -8.89. The molecule has 18 nitrogen and oxygen atoms in total. The van der Waals surface area contributed by atoms with Crippen molar-refractivity contribution in [1.82, 2.24) is 35.9 Å². The summed E-state index contributed by atoms with van der Waals surface area (Å²) >= 11 is 0.